The largest absolute Gasteiger partial charge is 0.416 e. The molecule has 2 N–H and O–H groups in total. The van der Waals surface area contributed by atoms with Crippen molar-refractivity contribution < 1.29 is 22.6 Å². The first-order valence-electron chi connectivity index (χ1n) is 8.79. The summed E-state index contributed by atoms with van der Waals surface area (Å²) in [6, 6.07) is 5.23. The van der Waals surface area contributed by atoms with Gasteiger partial charge in [-0.05, 0) is 37.0 Å². The second kappa shape index (κ2) is 10.4. The molecular formula is C18H26F3N3O2. The van der Waals surface area contributed by atoms with Gasteiger partial charge in [-0.2, -0.15) is 13.2 Å². The van der Waals surface area contributed by atoms with E-state index in [1.165, 1.54) is 12.1 Å². The third-order valence-electron chi connectivity index (χ3n) is 4.07. The molecule has 1 saturated heterocycles. The molecule has 146 valence electrons. The van der Waals surface area contributed by atoms with E-state index < -0.39 is 11.7 Å². The Morgan fingerprint density at radius 1 is 1.23 bits per heavy atom. The van der Waals surface area contributed by atoms with E-state index in [0.717, 1.165) is 43.7 Å². The van der Waals surface area contributed by atoms with Crippen LogP contribution in [0.15, 0.2) is 29.3 Å². The highest BCUT2D eigenvalue weighted by Gasteiger charge is 2.29. The lowest BCUT2D eigenvalue weighted by Crippen LogP contribution is -2.39. The Hall–Kier alpha value is -1.80. The predicted octanol–water partition coefficient (Wildman–Crippen LogP) is 2.61. The van der Waals surface area contributed by atoms with Gasteiger partial charge in [-0.3, -0.25) is 4.99 Å². The minimum Gasteiger partial charge on any atom is -0.379 e. The lowest BCUT2D eigenvalue weighted by atomic mass is 10.1. The van der Waals surface area contributed by atoms with Crippen molar-refractivity contribution in [3.63, 3.8) is 0 Å². The smallest absolute Gasteiger partial charge is 0.379 e. The maximum absolute atomic E-state index is 12.5. The Kier molecular flexibility index (Phi) is 8.18. The summed E-state index contributed by atoms with van der Waals surface area (Å²) in [6.07, 6.45) is -1.64. The fourth-order valence-corrected chi connectivity index (χ4v) is 2.58. The zero-order chi connectivity index (χ0) is 18.8. The Balaban J connectivity index is 1.59. The number of hydrogen-bond donors (Lipinski definition) is 2. The highest BCUT2D eigenvalue weighted by Crippen LogP contribution is 2.29. The number of halogens is 3. The van der Waals surface area contributed by atoms with Gasteiger partial charge in [0.25, 0.3) is 0 Å². The molecule has 1 unspecified atom stereocenters. The van der Waals surface area contributed by atoms with Crippen LogP contribution in [-0.2, 0) is 22.1 Å². The van der Waals surface area contributed by atoms with Crippen LogP contribution in [0.2, 0.25) is 0 Å². The number of ether oxygens (including phenoxy) is 2. The molecule has 0 bridgehead atoms. The summed E-state index contributed by atoms with van der Waals surface area (Å²) < 4.78 is 48.5. The Morgan fingerprint density at radius 3 is 2.58 bits per heavy atom. The number of aliphatic imine (C=N–C) groups is 1. The Bertz CT molecular complexity index is 556. The van der Waals surface area contributed by atoms with Crippen molar-refractivity contribution in [2.24, 2.45) is 4.99 Å². The van der Waals surface area contributed by atoms with E-state index in [0.29, 0.717) is 32.1 Å². The summed E-state index contributed by atoms with van der Waals surface area (Å²) in [5.41, 5.74) is 0.214. The Labute approximate surface area is 152 Å². The molecule has 0 radical (unpaired) electrons. The van der Waals surface area contributed by atoms with Crippen LogP contribution < -0.4 is 10.6 Å². The molecule has 8 heteroatoms. The van der Waals surface area contributed by atoms with Gasteiger partial charge in [0.15, 0.2) is 5.96 Å². The number of rotatable bonds is 8. The fourth-order valence-electron chi connectivity index (χ4n) is 2.58. The van der Waals surface area contributed by atoms with Crippen molar-refractivity contribution in [2.45, 2.75) is 31.5 Å². The molecular weight excluding hydrogens is 347 g/mol. The standard InChI is InChI=1S/C18H26F3N3O2/c1-22-17(23-9-2-11-26-16-8-12-25-13-16)24-10-7-14-3-5-15(6-4-14)18(19,20)21/h3-6,16H,2,7-13H2,1H3,(H2,22,23,24). The monoisotopic (exact) mass is 373 g/mol. The molecule has 0 spiro atoms. The van der Waals surface area contributed by atoms with E-state index in [4.69, 9.17) is 9.47 Å². The topological polar surface area (TPSA) is 54.9 Å². The van der Waals surface area contributed by atoms with Crippen molar-refractivity contribution in [1.82, 2.24) is 10.6 Å². The maximum Gasteiger partial charge on any atom is 0.416 e. The zero-order valence-electron chi connectivity index (χ0n) is 14.9. The van der Waals surface area contributed by atoms with E-state index in [2.05, 4.69) is 15.6 Å². The van der Waals surface area contributed by atoms with Gasteiger partial charge in [0.05, 0.1) is 18.3 Å². The van der Waals surface area contributed by atoms with Crippen molar-refractivity contribution in [2.75, 3.05) is 40.0 Å². The van der Waals surface area contributed by atoms with Crippen molar-refractivity contribution in [3.8, 4) is 0 Å². The molecule has 2 rings (SSSR count). The van der Waals surface area contributed by atoms with Gasteiger partial charge in [-0.1, -0.05) is 12.1 Å². The van der Waals surface area contributed by atoms with Crippen LogP contribution >= 0.6 is 0 Å². The maximum atomic E-state index is 12.5. The van der Waals surface area contributed by atoms with Crippen molar-refractivity contribution in [1.29, 1.82) is 0 Å². The molecule has 1 aromatic carbocycles. The number of nitrogens with zero attached hydrogens (tertiary/aromatic N) is 1. The summed E-state index contributed by atoms with van der Waals surface area (Å²) in [6.45, 7) is 3.44. The van der Waals surface area contributed by atoms with Gasteiger partial charge < -0.3 is 20.1 Å². The average Bonchev–Trinajstić information content (AvgIpc) is 3.13. The highest BCUT2D eigenvalue weighted by atomic mass is 19.4. The molecule has 1 aliphatic rings. The molecule has 0 amide bonds. The second-order valence-electron chi connectivity index (χ2n) is 6.08. The summed E-state index contributed by atoms with van der Waals surface area (Å²) in [5, 5.41) is 6.34. The van der Waals surface area contributed by atoms with Crippen LogP contribution in [0.25, 0.3) is 0 Å². The van der Waals surface area contributed by atoms with Crippen LogP contribution in [0.3, 0.4) is 0 Å². The predicted molar refractivity (Wildman–Crippen MR) is 94.3 cm³/mol. The van der Waals surface area contributed by atoms with Gasteiger partial charge in [0.1, 0.15) is 0 Å². The van der Waals surface area contributed by atoms with E-state index in [9.17, 15) is 13.2 Å². The van der Waals surface area contributed by atoms with Crippen molar-refractivity contribution in [3.05, 3.63) is 35.4 Å². The third-order valence-corrected chi connectivity index (χ3v) is 4.07. The fraction of sp³-hybridized carbons (Fsp3) is 0.611. The number of guanidine groups is 1. The molecule has 0 aliphatic carbocycles. The zero-order valence-corrected chi connectivity index (χ0v) is 14.9. The lowest BCUT2D eigenvalue weighted by molar-refractivity contribution is -0.137. The Morgan fingerprint density at radius 2 is 1.96 bits per heavy atom. The van der Waals surface area contributed by atoms with Gasteiger partial charge in [-0.15, -0.1) is 0 Å². The second-order valence-corrected chi connectivity index (χ2v) is 6.08. The van der Waals surface area contributed by atoms with E-state index >= 15 is 0 Å². The number of alkyl halides is 3. The first-order valence-corrected chi connectivity index (χ1v) is 8.79. The average molecular weight is 373 g/mol. The quantitative estimate of drug-likeness (QED) is 0.418. The molecule has 0 aromatic heterocycles. The molecule has 0 saturated carbocycles. The minimum atomic E-state index is -4.29. The molecule has 26 heavy (non-hydrogen) atoms. The normalized spacial score (nSPS) is 18.2. The highest BCUT2D eigenvalue weighted by molar-refractivity contribution is 5.79. The molecule has 1 aromatic rings. The third kappa shape index (κ3) is 7.21. The van der Waals surface area contributed by atoms with Crippen LogP contribution in [0, 0.1) is 0 Å². The molecule has 5 nitrogen and oxygen atoms in total. The first kappa shape index (κ1) is 20.5. The van der Waals surface area contributed by atoms with Crippen molar-refractivity contribution >= 4 is 5.96 Å². The summed E-state index contributed by atoms with van der Waals surface area (Å²) >= 11 is 0. The van der Waals surface area contributed by atoms with Gasteiger partial charge in [0, 0.05) is 33.4 Å². The number of nitrogens with one attached hydrogen (secondary N) is 2. The van der Waals surface area contributed by atoms with Gasteiger partial charge >= 0.3 is 6.18 Å². The number of hydrogen-bond acceptors (Lipinski definition) is 3. The van der Waals surface area contributed by atoms with Crippen LogP contribution in [-0.4, -0.2) is 52.0 Å². The van der Waals surface area contributed by atoms with Crippen LogP contribution in [0.4, 0.5) is 13.2 Å². The van der Waals surface area contributed by atoms with Gasteiger partial charge in [-0.25, -0.2) is 0 Å². The van der Waals surface area contributed by atoms with Crippen LogP contribution in [0.5, 0.6) is 0 Å². The van der Waals surface area contributed by atoms with E-state index in [1.807, 2.05) is 0 Å². The summed E-state index contributed by atoms with van der Waals surface area (Å²) in [4.78, 5) is 4.13. The van der Waals surface area contributed by atoms with E-state index in [1.54, 1.807) is 7.05 Å². The minimum absolute atomic E-state index is 0.219. The molecule has 1 atom stereocenters. The lowest BCUT2D eigenvalue weighted by Gasteiger charge is -2.13. The van der Waals surface area contributed by atoms with E-state index in [-0.39, 0.29) is 6.10 Å². The summed E-state index contributed by atoms with van der Waals surface area (Å²) in [5.74, 6) is 0.668. The summed E-state index contributed by atoms with van der Waals surface area (Å²) in [7, 11) is 1.68. The van der Waals surface area contributed by atoms with Gasteiger partial charge in [0.2, 0.25) is 0 Å². The SMILES string of the molecule is CN=C(NCCCOC1CCOC1)NCCc1ccc(C(F)(F)F)cc1. The molecule has 1 fully saturated rings. The first-order chi connectivity index (χ1) is 12.5. The van der Waals surface area contributed by atoms with Crippen LogP contribution in [0.1, 0.15) is 24.0 Å². The molecule has 1 aliphatic heterocycles. The number of benzene rings is 1. The molecule has 1 heterocycles.